The highest BCUT2D eigenvalue weighted by Crippen LogP contribution is 2.33. The van der Waals surface area contributed by atoms with Gasteiger partial charge in [0.15, 0.2) is 16.6 Å². The van der Waals surface area contributed by atoms with E-state index in [1.807, 2.05) is 10.3 Å². The summed E-state index contributed by atoms with van der Waals surface area (Å²) in [6.07, 6.45) is 1.53. The van der Waals surface area contributed by atoms with E-state index in [0.29, 0.717) is 35.7 Å². The van der Waals surface area contributed by atoms with Crippen molar-refractivity contribution < 1.29 is 9.59 Å². The molecule has 0 fully saturated rings. The zero-order valence-corrected chi connectivity index (χ0v) is 18.3. The predicted molar refractivity (Wildman–Crippen MR) is 117 cm³/mol. The van der Waals surface area contributed by atoms with Gasteiger partial charge in [-0.05, 0) is 19.9 Å². The van der Waals surface area contributed by atoms with E-state index in [0.717, 1.165) is 11.3 Å². The maximum absolute atomic E-state index is 12.8. The highest BCUT2D eigenvalue weighted by molar-refractivity contribution is 7.14. The molecule has 0 spiro atoms. The highest BCUT2D eigenvalue weighted by atomic mass is 32.1. The molecule has 0 bridgehead atoms. The lowest BCUT2D eigenvalue weighted by molar-refractivity contribution is -0.116. The summed E-state index contributed by atoms with van der Waals surface area (Å²) in [7, 11) is 1.69. The molecule has 0 aromatic carbocycles. The summed E-state index contributed by atoms with van der Waals surface area (Å²) in [6.45, 7) is 5.41. The van der Waals surface area contributed by atoms with Crippen LogP contribution in [0, 0.1) is 13.8 Å². The van der Waals surface area contributed by atoms with Crippen molar-refractivity contribution in [2.75, 3.05) is 30.4 Å². The molecule has 0 unspecified atom stereocenters. The molecule has 5 rings (SSSR count). The van der Waals surface area contributed by atoms with Crippen LogP contribution in [0.25, 0.3) is 11.3 Å². The number of aliphatic imine (C=N–C) groups is 1. The summed E-state index contributed by atoms with van der Waals surface area (Å²) in [5.41, 5.74) is 2.35. The van der Waals surface area contributed by atoms with Gasteiger partial charge in [0.25, 0.3) is 5.91 Å². The maximum atomic E-state index is 12.8. The van der Waals surface area contributed by atoms with Gasteiger partial charge in [-0.3, -0.25) is 24.4 Å². The van der Waals surface area contributed by atoms with E-state index in [1.54, 1.807) is 23.0 Å². The van der Waals surface area contributed by atoms with Crippen molar-refractivity contribution in [2.24, 2.45) is 4.99 Å². The molecule has 30 heavy (non-hydrogen) atoms. The van der Waals surface area contributed by atoms with E-state index in [2.05, 4.69) is 40.2 Å². The zero-order chi connectivity index (χ0) is 21.0. The monoisotopic (exact) mass is 441 g/mol. The van der Waals surface area contributed by atoms with Crippen LogP contribution in [0.2, 0.25) is 0 Å². The number of guanidine groups is 1. The van der Waals surface area contributed by atoms with Crippen LogP contribution in [0.4, 0.5) is 10.9 Å². The predicted octanol–water partition coefficient (Wildman–Crippen LogP) is 2.59. The zero-order valence-electron chi connectivity index (χ0n) is 16.7. The molecule has 11 heteroatoms. The third-order valence-corrected chi connectivity index (χ3v) is 6.80. The van der Waals surface area contributed by atoms with Crippen molar-refractivity contribution >= 4 is 51.4 Å². The lowest BCUT2D eigenvalue weighted by atomic mass is 10.2. The van der Waals surface area contributed by atoms with Gasteiger partial charge in [0.05, 0.1) is 18.6 Å². The number of carbonyl (C=O) groups is 2. The van der Waals surface area contributed by atoms with Gasteiger partial charge in [-0.15, -0.1) is 22.7 Å². The Bertz CT molecular complexity index is 1210. The van der Waals surface area contributed by atoms with Gasteiger partial charge in [0, 0.05) is 34.3 Å². The van der Waals surface area contributed by atoms with Gasteiger partial charge in [0.1, 0.15) is 6.54 Å². The van der Waals surface area contributed by atoms with Crippen LogP contribution in [0.15, 0.2) is 22.8 Å². The average Bonchev–Trinajstić information content (AvgIpc) is 3.46. The number of rotatable bonds is 4. The van der Waals surface area contributed by atoms with E-state index in [-0.39, 0.29) is 18.4 Å². The molecule has 0 saturated heterocycles. The van der Waals surface area contributed by atoms with Crippen LogP contribution in [-0.4, -0.2) is 57.3 Å². The summed E-state index contributed by atoms with van der Waals surface area (Å²) < 4.78 is 1.58. The Morgan fingerprint density at radius 1 is 1.33 bits per heavy atom. The van der Waals surface area contributed by atoms with Crippen LogP contribution in [-0.2, 0) is 11.3 Å². The molecular formula is C19H19N7O2S2. The number of aryl methyl sites for hydroxylation is 2. The minimum Gasteiger partial charge on any atom is -0.315 e. The molecule has 9 nitrogen and oxygen atoms in total. The molecule has 154 valence electrons. The second-order valence-electron chi connectivity index (χ2n) is 7.16. The third kappa shape index (κ3) is 3.01. The Kier molecular flexibility index (Phi) is 4.44. The first-order chi connectivity index (χ1) is 14.4. The molecule has 1 N–H and O–H groups in total. The largest absolute Gasteiger partial charge is 0.315 e. The molecule has 3 aromatic rings. The minimum absolute atomic E-state index is 0.0201. The number of thiophene rings is 1. The van der Waals surface area contributed by atoms with Crippen molar-refractivity contribution in [1.29, 1.82) is 0 Å². The molecule has 0 saturated carbocycles. The number of aromatic nitrogens is 3. The molecule has 0 aliphatic carbocycles. The van der Waals surface area contributed by atoms with Crippen molar-refractivity contribution in [3.8, 4) is 11.3 Å². The smallest absolute Gasteiger partial charge is 0.280 e. The van der Waals surface area contributed by atoms with Gasteiger partial charge in [-0.2, -0.15) is 0 Å². The Labute approximate surface area is 180 Å². The molecule has 0 atom stereocenters. The number of thiazole rings is 1. The second-order valence-corrected chi connectivity index (χ2v) is 9.47. The summed E-state index contributed by atoms with van der Waals surface area (Å²) in [5.74, 6) is 0.691. The van der Waals surface area contributed by atoms with Crippen LogP contribution < -0.4 is 10.2 Å². The van der Waals surface area contributed by atoms with Gasteiger partial charge in [-0.25, -0.2) is 9.97 Å². The van der Waals surface area contributed by atoms with E-state index < -0.39 is 0 Å². The maximum Gasteiger partial charge on any atom is 0.280 e. The number of imidazole rings is 1. The second kappa shape index (κ2) is 7.03. The lowest BCUT2D eigenvalue weighted by Crippen LogP contribution is -2.48. The first kappa shape index (κ1) is 18.9. The number of hydrogen-bond acceptors (Lipinski definition) is 8. The van der Waals surface area contributed by atoms with E-state index in [9.17, 15) is 9.59 Å². The van der Waals surface area contributed by atoms with Crippen LogP contribution in [0.1, 0.15) is 20.2 Å². The fourth-order valence-corrected chi connectivity index (χ4v) is 5.39. The number of amides is 2. The number of nitrogens with one attached hydrogen (secondary N) is 1. The third-order valence-electron chi connectivity index (χ3n) is 5.08. The molecular weight excluding hydrogens is 422 g/mol. The Morgan fingerprint density at radius 2 is 2.17 bits per heavy atom. The first-order valence-electron chi connectivity index (χ1n) is 9.40. The summed E-state index contributed by atoms with van der Waals surface area (Å²) >= 11 is 3.11. The molecule has 0 radical (unpaired) electrons. The molecule has 5 heterocycles. The Hall–Kier alpha value is -3.05. The fraction of sp³-hybridized carbons (Fsp3) is 0.316. The van der Waals surface area contributed by atoms with Gasteiger partial charge >= 0.3 is 0 Å². The van der Waals surface area contributed by atoms with Gasteiger partial charge < -0.3 is 9.88 Å². The van der Waals surface area contributed by atoms with E-state index >= 15 is 0 Å². The van der Waals surface area contributed by atoms with Gasteiger partial charge in [0.2, 0.25) is 11.9 Å². The average molecular weight is 442 g/mol. The van der Waals surface area contributed by atoms with Crippen molar-refractivity contribution in [2.45, 2.75) is 20.4 Å². The molecule has 2 amide bonds. The summed E-state index contributed by atoms with van der Waals surface area (Å²) in [4.78, 5) is 44.6. The molecule has 3 aromatic heterocycles. The summed E-state index contributed by atoms with van der Waals surface area (Å²) in [5, 5.41) is 5.31. The fourth-order valence-electron chi connectivity index (χ4n) is 3.73. The summed E-state index contributed by atoms with van der Waals surface area (Å²) in [6, 6.07) is 2.11. The van der Waals surface area contributed by atoms with Gasteiger partial charge in [-0.1, -0.05) is 0 Å². The Balaban J connectivity index is 1.34. The molecule has 2 aliphatic heterocycles. The van der Waals surface area contributed by atoms with Crippen LogP contribution in [0.5, 0.6) is 0 Å². The highest BCUT2D eigenvalue weighted by Gasteiger charge is 2.38. The quantitative estimate of drug-likeness (QED) is 0.671. The van der Waals surface area contributed by atoms with E-state index in [4.69, 9.17) is 0 Å². The van der Waals surface area contributed by atoms with Crippen molar-refractivity contribution in [3.63, 3.8) is 0 Å². The normalized spacial score (nSPS) is 15.3. The lowest BCUT2D eigenvalue weighted by Gasteiger charge is -2.30. The topological polar surface area (TPSA) is 95.7 Å². The number of hydrogen-bond donors (Lipinski definition) is 1. The number of nitrogens with zero attached hydrogens (tertiary/aromatic N) is 6. The van der Waals surface area contributed by atoms with Crippen molar-refractivity contribution in [3.05, 3.63) is 33.2 Å². The SMILES string of the molecule is Cc1cc(-c2csc(NC(=O)Cn3cnc4c3C(=O)N(C)C3=NCCN34)n2)c(C)s1. The number of carbonyl (C=O) groups excluding carboxylic acids is 2. The Morgan fingerprint density at radius 3 is 2.93 bits per heavy atom. The van der Waals surface area contributed by atoms with E-state index in [1.165, 1.54) is 32.3 Å². The first-order valence-corrected chi connectivity index (χ1v) is 11.1. The molecule has 2 aliphatic rings. The van der Waals surface area contributed by atoms with Crippen molar-refractivity contribution in [1.82, 2.24) is 19.4 Å². The standard InChI is InChI=1S/C19H19N7O2S2/c1-10-6-12(11(2)30-10)13-8-29-18(22-13)23-14(27)7-25-9-21-16-15(25)17(28)24(3)19-20-4-5-26(16)19/h6,8-9H,4-5,7H2,1-3H3,(H,22,23,27). The number of fused-ring (bicyclic) bond motifs is 3. The number of anilines is 2. The van der Waals surface area contributed by atoms with Crippen LogP contribution in [0.3, 0.4) is 0 Å². The minimum atomic E-state index is -0.259. The van der Waals surface area contributed by atoms with Crippen LogP contribution >= 0.6 is 22.7 Å².